The van der Waals surface area contributed by atoms with Crippen LogP contribution in [0.1, 0.15) is 29.2 Å². The van der Waals surface area contributed by atoms with Gasteiger partial charge in [0.1, 0.15) is 11.5 Å². The minimum atomic E-state index is -0.732. The highest BCUT2D eigenvalue weighted by molar-refractivity contribution is 6.46. The molecule has 152 valence electrons. The molecule has 29 heavy (non-hydrogen) atoms. The normalized spacial score (nSPS) is 18.3. The van der Waals surface area contributed by atoms with Gasteiger partial charge in [-0.15, -0.1) is 0 Å². The van der Waals surface area contributed by atoms with E-state index in [0.29, 0.717) is 36.4 Å². The van der Waals surface area contributed by atoms with Crippen molar-refractivity contribution in [3.63, 3.8) is 0 Å². The van der Waals surface area contributed by atoms with Gasteiger partial charge in [0.2, 0.25) is 0 Å². The Balaban J connectivity index is 2.16. The zero-order valence-electron chi connectivity index (χ0n) is 16.8. The monoisotopic (exact) mass is 395 g/mol. The number of hydrogen-bond acceptors (Lipinski definition) is 5. The molecule has 2 aromatic rings. The molecule has 0 unspecified atom stereocenters. The van der Waals surface area contributed by atoms with Gasteiger partial charge >= 0.3 is 0 Å². The lowest BCUT2D eigenvalue weighted by molar-refractivity contribution is -0.140. The minimum Gasteiger partial charge on any atom is -0.507 e. The zero-order valence-corrected chi connectivity index (χ0v) is 16.8. The molecule has 1 atom stereocenters. The maximum Gasteiger partial charge on any atom is 0.295 e. The van der Waals surface area contributed by atoms with Gasteiger partial charge < -0.3 is 19.5 Å². The number of aliphatic hydroxyl groups excluding tert-OH is 1. The van der Waals surface area contributed by atoms with Crippen LogP contribution in [0.4, 0.5) is 0 Å². The largest absolute Gasteiger partial charge is 0.507 e. The highest BCUT2D eigenvalue weighted by Gasteiger charge is 2.46. The van der Waals surface area contributed by atoms with Crippen LogP contribution in [-0.2, 0) is 14.3 Å². The summed E-state index contributed by atoms with van der Waals surface area (Å²) in [4.78, 5) is 27.3. The molecule has 1 aliphatic heterocycles. The highest BCUT2D eigenvalue weighted by atomic mass is 16.5. The standard InChI is InChI=1S/C23H25NO5/c1-15-9-11-16(12-10-15)21(25)19-20(17-7-4-5-8-18(17)29-3)24(13-6-14-28-2)23(27)22(19)26/h4-5,7-12,20,25H,6,13-14H2,1-3H3/b21-19+/t20-/m0/s1. The van der Waals surface area contributed by atoms with Crippen molar-refractivity contribution in [1.29, 1.82) is 0 Å². The Labute approximate surface area is 170 Å². The lowest BCUT2D eigenvalue weighted by Crippen LogP contribution is -2.31. The molecule has 6 nitrogen and oxygen atoms in total. The summed E-state index contributed by atoms with van der Waals surface area (Å²) in [6, 6.07) is 13.7. The van der Waals surface area contributed by atoms with E-state index in [0.717, 1.165) is 5.56 Å². The summed E-state index contributed by atoms with van der Waals surface area (Å²) < 4.78 is 10.6. The van der Waals surface area contributed by atoms with Crippen LogP contribution in [0.25, 0.3) is 5.76 Å². The number of rotatable bonds is 7. The number of Topliss-reactive ketones (excluding diaryl/α,β-unsaturated/α-hetero) is 1. The van der Waals surface area contributed by atoms with Gasteiger partial charge in [-0.2, -0.15) is 0 Å². The van der Waals surface area contributed by atoms with Gasteiger partial charge in [0.25, 0.3) is 11.7 Å². The van der Waals surface area contributed by atoms with Crippen molar-refractivity contribution < 1.29 is 24.2 Å². The van der Waals surface area contributed by atoms with Crippen LogP contribution >= 0.6 is 0 Å². The smallest absolute Gasteiger partial charge is 0.295 e. The molecule has 0 spiro atoms. The van der Waals surface area contributed by atoms with E-state index in [1.807, 2.05) is 31.2 Å². The Morgan fingerprint density at radius 3 is 2.41 bits per heavy atom. The fraction of sp³-hybridized carbons (Fsp3) is 0.304. The number of likely N-dealkylation sites (tertiary alicyclic amines) is 1. The van der Waals surface area contributed by atoms with Crippen molar-refractivity contribution in [2.75, 3.05) is 27.4 Å². The summed E-state index contributed by atoms with van der Waals surface area (Å²) in [5.74, 6) is -0.971. The Kier molecular flexibility index (Phi) is 6.34. The second-order valence-corrected chi connectivity index (χ2v) is 6.95. The van der Waals surface area contributed by atoms with Gasteiger partial charge in [-0.1, -0.05) is 48.0 Å². The Morgan fingerprint density at radius 1 is 1.07 bits per heavy atom. The van der Waals surface area contributed by atoms with Crippen molar-refractivity contribution >= 4 is 17.4 Å². The van der Waals surface area contributed by atoms with E-state index >= 15 is 0 Å². The van der Waals surface area contributed by atoms with Gasteiger partial charge in [0.15, 0.2) is 0 Å². The van der Waals surface area contributed by atoms with Crippen molar-refractivity contribution in [2.45, 2.75) is 19.4 Å². The summed E-state index contributed by atoms with van der Waals surface area (Å²) in [5, 5.41) is 11.0. The molecule has 1 heterocycles. The first kappa shape index (κ1) is 20.6. The number of hydrogen-bond donors (Lipinski definition) is 1. The molecule has 0 bridgehead atoms. The van der Waals surface area contributed by atoms with Crippen LogP contribution in [0.15, 0.2) is 54.1 Å². The molecule has 1 fully saturated rings. The van der Waals surface area contributed by atoms with Crippen LogP contribution in [-0.4, -0.2) is 49.1 Å². The van der Waals surface area contributed by atoms with Crippen LogP contribution in [0.2, 0.25) is 0 Å². The van der Waals surface area contributed by atoms with Gasteiger partial charge in [-0.05, 0) is 19.4 Å². The fourth-order valence-electron chi connectivity index (χ4n) is 3.57. The molecule has 1 N–H and O–H groups in total. The second kappa shape index (κ2) is 8.92. The molecule has 3 rings (SSSR count). The third-order valence-electron chi connectivity index (χ3n) is 5.05. The number of para-hydroxylation sites is 1. The average Bonchev–Trinajstić information content (AvgIpc) is 2.98. The average molecular weight is 395 g/mol. The topological polar surface area (TPSA) is 76.1 Å². The number of carbonyl (C=O) groups excluding carboxylic acids is 2. The van der Waals surface area contributed by atoms with E-state index in [4.69, 9.17) is 9.47 Å². The van der Waals surface area contributed by atoms with Crippen LogP contribution < -0.4 is 4.74 Å². The molecular formula is C23H25NO5. The van der Waals surface area contributed by atoms with Crippen LogP contribution in [0.3, 0.4) is 0 Å². The van der Waals surface area contributed by atoms with E-state index < -0.39 is 17.7 Å². The van der Waals surface area contributed by atoms with E-state index in [1.54, 1.807) is 31.4 Å². The maximum atomic E-state index is 12.9. The summed E-state index contributed by atoms with van der Waals surface area (Å²) in [7, 11) is 3.12. The second-order valence-electron chi connectivity index (χ2n) is 6.95. The fourth-order valence-corrected chi connectivity index (χ4v) is 3.57. The number of aliphatic hydroxyl groups is 1. The lowest BCUT2D eigenvalue weighted by atomic mass is 9.94. The Hall–Kier alpha value is -3.12. The van der Waals surface area contributed by atoms with Crippen molar-refractivity contribution in [1.82, 2.24) is 4.90 Å². The molecule has 2 aromatic carbocycles. The van der Waals surface area contributed by atoms with Gasteiger partial charge in [-0.3, -0.25) is 9.59 Å². The molecule has 0 radical (unpaired) electrons. The van der Waals surface area contributed by atoms with Crippen molar-refractivity contribution in [3.05, 3.63) is 70.8 Å². The summed E-state index contributed by atoms with van der Waals surface area (Å²) in [5.41, 5.74) is 2.24. The van der Waals surface area contributed by atoms with Gasteiger partial charge in [0.05, 0.1) is 18.7 Å². The summed E-state index contributed by atoms with van der Waals surface area (Å²) in [6.45, 7) is 2.72. The summed E-state index contributed by atoms with van der Waals surface area (Å²) in [6.07, 6.45) is 0.569. The number of benzene rings is 2. The lowest BCUT2D eigenvalue weighted by Gasteiger charge is -2.26. The quantitative estimate of drug-likeness (QED) is 0.336. The van der Waals surface area contributed by atoms with E-state index in [-0.39, 0.29) is 11.3 Å². The molecule has 1 amide bonds. The van der Waals surface area contributed by atoms with Crippen molar-refractivity contribution in [3.8, 4) is 5.75 Å². The van der Waals surface area contributed by atoms with Gasteiger partial charge in [0, 0.05) is 31.4 Å². The third kappa shape index (κ3) is 4.03. The molecular weight excluding hydrogens is 370 g/mol. The first-order valence-corrected chi connectivity index (χ1v) is 9.47. The maximum absolute atomic E-state index is 12.9. The van der Waals surface area contributed by atoms with E-state index in [2.05, 4.69) is 0 Å². The number of nitrogens with zero attached hydrogens (tertiary/aromatic N) is 1. The Morgan fingerprint density at radius 2 is 1.76 bits per heavy atom. The molecule has 1 aliphatic rings. The Bertz CT molecular complexity index is 933. The number of methoxy groups -OCH3 is 2. The molecule has 0 aromatic heterocycles. The minimum absolute atomic E-state index is 0.0702. The van der Waals surface area contributed by atoms with E-state index in [9.17, 15) is 14.7 Å². The number of amides is 1. The first-order valence-electron chi connectivity index (χ1n) is 9.47. The van der Waals surface area contributed by atoms with E-state index in [1.165, 1.54) is 12.0 Å². The van der Waals surface area contributed by atoms with Crippen LogP contribution in [0, 0.1) is 6.92 Å². The van der Waals surface area contributed by atoms with Crippen molar-refractivity contribution in [2.24, 2.45) is 0 Å². The number of ether oxygens (including phenoxy) is 2. The molecule has 6 heteroatoms. The number of aryl methyl sites for hydroxylation is 1. The predicted molar refractivity (Wildman–Crippen MR) is 110 cm³/mol. The SMILES string of the molecule is COCCCN1C(=O)C(=O)/C(=C(/O)c2ccc(C)cc2)[C@@H]1c1ccccc1OC. The van der Waals surface area contributed by atoms with Crippen LogP contribution in [0.5, 0.6) is 5.75 Å². The molecule has 0 saturated carbocycles. The first-order chi connectivity index (χ1) is 14.0. The predicted octanol–water partition coefficient (Wildman–Crippen LogP) is 3.46. The summed E-state index contributed by atoms with van der Waals surface area (Å²) >= 11 is 0. The zero-order chi connectivity index (χ0) is 21.0. The van der Waals surface area contributed by atoms with Gasteiger partial charge in [-0.25, -0.2) is 0 Å². The highest BCUT2D eigenvalue weighted by Crippen LogP contribution is 2.42. The number of carbonyl (C=O) groups is 2. The number of ketones is 1. The molecule has 1 saturated heterocycles. The molecule has 0 aliphatic carbocycles. The third-order valence-corrected chi connectivity index (χ3v) is 5.05.